The maximum absolute atomic E-state index is 11.2. The van der Waals surface area contributed by atoms with Crippen molar-refractivity contribution in [2.45, 2.75) is 11.8 Å². The van der Waals surface area contributed by atoms with Crippen molar-refractivity contribution in [1.29, 1.82) is 0 Å². The van der Waals surface area contributed by atoms with Gasteiger partial charge in [0.25, 0.3) is 0 Å². The Bertz CT molecular complexity index is 415. The van der Waals surface area contributed by atoms with Crippen molar-refractivity contribution in [3.8, 4) is 0 Å². The molecule has 0 aliphatic rings. The predicted octanol–water partition coefficient (Wildman–Crippen LogP) is 4.00. The van der Waals surface area contributed by atoms with Crippen LogP contribution in [0.5, 0.6) is 0 Å². The van der Waals surface area contributed by atoms with E-state index in [1.165, 1.54) is 0 Å². The van der Waals surface area contributed by atoms with E-state index in [1.807, 2.05) is 13.0 Å². The topological polar surface area (TPSA) is 17.1 Å². The van der Waals surface area contributed by atoms with Crippen molar-refractivity contribution in [3.63, 3.8) is 0 Å². The molecule has 1 aromatic rings. The summed E-state index contributed by atoms with van der Waals surface area (Å²) >= 11 is 13.3. The third kappa shape index (κ3) is 3.67. The lowest BCUT2D eigenvalue weighted by Crippen LogP contribution is -1.94. The second-order valence-electron chi connectivity index (χ2n) is 3.09. The number of allylic oxidation sites excluding steroid dienone is 2. The number of benzene rings is 1. The van der Waals surface area contributed by atoms with Crippen molar-refractivity contribution < 1.29 is 4.79 Å². The molecule has 0 unspecified atom stereocenters. The number of rotatable bonds is 3. The van der Waals surface area contributed by atoms with Crippen LogP contribution in [0.25, 0.3) is 5.57 Å². The summed E-state index contributed by atoms with van der Waals surface area (Å²) in [7, 11) is 0. The molecule has 0 radical (unpaired) electrons. The highest BCUT2D eigenvalue weighted by Gasteiger charge is 2.04. The Morgan fingerprint density at radius 2 is 2.27 bits per heavy atom. The Balaban J connectivity index is 3.10. The summed E-state index contributed by atoms with van der Waals surface area (Å²) in [5.41, 5.74) is 1.76. The molecule has 0 fully saturated rings. The van der Waals surface area contributed by atoms with Crippen LogP contribution in [0.1, 0.15) is 12.5 Å². The monoisotopic (exact) mass is 304 g/mol. The fraction of sp³-hybridized carbons (Fsp3) is 0.182. The first-order chi connectivity index (χ1) is 7.04. The average molecular weight is 306 g/mol. The van der Waals surface area contributed by atoms with Gasteiger partial charge >= 0.3 is 0 Å². The van der Waals surface area contributed by atoms with Crippen LogP contribution in [0.3, 0.4) is 0 Å². The minimum absolute atomic E-state index is 0.0280. The summed E-state index contributed by atoms with van der Waals surface area (Å²) in [6.45, 7) is 1.87. The number of carbonyl (C=O) groups excluding carboxylic acids is 1. The molecule has 80 valence electrons. The van der Waals surface area contributed by atoms with Gasteiger partial charge in [-0.15, -0.1) is 12.6 Å². The first-order valence-electron chi connectivity index (χ1n) is 4.30. The molecule has 0 spiro atoms. The summed E-state index contributed by atoms with van der Waals surface area (Å²) in [4.78, 5) is 12.0. The molecule has 0 amide bonds. The van der Waals surface area contributed by atoms with Crippen LogP contribution in [-0.4, -0.2) is 11.1 Å². The maximum Gasteiger partial charge on any atom is 0.166 e. The third-order valence-corrected chi connectivity index (χ3v) is 3.07. The highest BCUT2D eigenvalue weighted by Crippen LogP contribution is 2.25. The van der Waals surface area contributed by atoms with E-state index in [-0.39, 0.29) is 5.78 Å². The van der Waals surface area contributed by atoms with Crippen LogP contribution in [0.2, 0.25) is 5.02 Å². The summed E-state index contributed by atoms with van der Waals surface area (Å²) in [6, 6.07) is 5.39. The fourth-order valence-corrected chi connectivity index (χ4v) is 1.83. The van der Waals surface area contributed by atoms with Crippen molar-refractivity contribution in [3.05, 3.63) is 34.9 Å². The molecule has 0 aliphatic carbocycles. The molecular weight excluding hydrogens is 296 g/mol. The van der Waals surface area contributed by atoms with E-state index in [1.54, 1.807) is 18.2 Å². The standard InChI is InChI=1S/C11H10BrClOS/c1-7(4-9(14)6-12)10-5-8(13)2-3-11(10)15/h2-5,15H,6H2,1H3/b7-4+. The molecular formula is C11H10BrClOS. The minimum atomic E-state index is 0.0280. The van der Waals surface area contributed by atoms with Gasteiger partial charge in [0.05, 0.1) is 5.33 Å². The third-order valence-electron chi connectivity index (χ3n) is 1.89. The van der Waals surface area contributed by atoms with Crippen LogP contribution < -0.4 is 0 Å². The quantitative estimate of drug-likeness (QED) is 0.507. The molecule has 4 heteroatoms. The van der Waals surface area contributed by atoms with Crippen LogP contribution in [0.4, 0.5) is 0 Å². The smallest absolute Gasteiger partial charge is 0.166 e. The lowest BCUT2D eigenvalue weighted by atomic mass is 10.1. The zero-order valence-corrected chi connectivity index (χ0v) is 11.4. The lowest BCUT2D eigenvalue weighted by Gasteiger charge is -2.05. The van der Waals surface area contributed by atoms with Crippen LogP contribution in [-0.2, 0) is 4.79 Å². The van der Waals surface area contributed by atoms with E-state index in [2.05, 4.69) is 28.6 Å². The maximum atomic E-state index is 11.2. The fourth-order valence-electron chi connectivity index (χ4n) is 1.18. The normalized spacial score (nSPS) is 11.6. The van der Waals surface area contributed by atoms with Crippen LogP contribution >= 0.6 is 40.2 Å². The zero-order chi connectivity index (χ0) is 11.4. The Morgan fingerprint density at radius 3 is 2.87 bits per heavy atom. The second-order valence-corrected chi connectivity index (χ2v) is 4.57. The molecule has 0 aliphatic heterocycles. The van der Waals surface area contributed by atoms with Gasteiger partial charge in [-0.1, -0.05) is 27.5 Å². The van der Waals surface area contributed by atoms with E-state index < -0.39 is 0 Å². The van der Waals surface area contributed by atoms with Gasteiger partial charge in [0.2, 0.25) is 0 Å². The molecule has 15 heavy (non-hydrogen) atoms. The number of halogens is 2. The number of carbonyl (C=O) groups is 1. The van der Waals surface area contributed by atoms with Gasteiger partial charge < -0.3 is 0 Å². The Kier molecular flexibility index (Phi) is 4.90. The summed E-state index contributed by atoms with van der Waals surface area (Å²) in [5, 5.41) is 0.967. The van der Waals surface area contributed by atoms with Gasteiger partial charge in [-0.25, -0.2) is 0 Å². The molecule has 0 atom stereocenters. The highest BCUT2D eigenvalue weighted by atomic mass is 79.9. The molecule has 0 bridgehead atoms. The van der Waals surface area contributed by atoms with Crippen LogP contribution in [0, 0.1) is 0 Å². The summed E-state index contributed by atoms with van der Waals surface area (Å²) in [5.74, 6) is 0.0280. The zero-order valence-electron chi connectivity index (χ0n) is 8.13. The molecule has 0 saturated heterocycles. The van der Waals surface area contributed by atoms with Gasteiger partial charge in [0.1, 0.15) is 0 Å². The van der Waals surface area contributed by atoms with Crippen molar-refractivity contribution >= 4 is 51.5 Å². The molecule has 0 aromatic heterocycles. The van der Waals surface area contributed by atoms with Gasteiger partial charge in [-0.3, -0.25) is 4.79 Å². The predicted molar refractivity (Wildman–Crippen MR) is 71.2 cm³/mol. The van der Waals surface area contributed by atoms with Crippen molar-refractivity contribution in [2.75, 3.05) is 5.33 Å². The molecule has 0 saturated carbocycles. The number of hydrogen-bond donors (Lipinski definition) is 1. The molecule has 0 heterocycles. The van der Waals surface area contributed by atoms with E-state index in [0.717, 1.165) is 16.0 Å². The molecule has 0 N–H and O–H groups in total. The average Bonchev–Trinajstić information content (AvgIpc) is 2.21. The van der Waals surface area contributed by atoms with Crippen molar-refractivity contribution in [1.82, 2.24) is 0 Å². The van der Waals surface area contributed by atoms with Gasteiger partial charge in [0, 0.05) is 9.92 Å². The lowest BCUT2D eigenvalue weighted by molar-refractivity contribution is -0.112. The first-order valence-corrected chi connectivity index (χ1v) is 6.25. The first kappa shape index (κ1) is 12.8. The van der Waals surface area contributed by atoms with E-state index in [4.69, 9.17) is 11.6 Å². The summed E-state index contributed by atoms with van der Waals surface area (Å²) in [6.07, 6.45) is 1.58. The number of hydrogen-bond acceptors (Lipinski definition) is 2. The summed E-state index contributed by atoms with van der Waals surface area (Å²) < 4.78 is 0. The largest absolute Gasteiger partial charge is 0.294 e. The Hall–Kier alpha value is -0.250. The SMILES string of the molecule is C/C(=C\C(=O)CBr)c1cc(Cl)ccc1S. The number of alkyl halides is 1. The number of thiol groups is 1. The minimum Gasteiger partial charge on any atom is -0.294 e. The van der Waals surface area contributed by atoms with E-state index >= 15 is 0 Å². The van der Waals surface area contributed by atoms with Gasteiger partial charge in [0.15, 0.2) is 5.78 Å². The Morgan fingerprint density at radius 1 is 1.60 bits per heavy atom. The molecule has 1 nitrogen and oxygen atoms in total. The van der Waals surface area contributed by atoms with Crippen LogP contribution in [0.15, 0.2) is 29.2 Å². The molecule has 1 aromatic carbocycles. The van der Waals surface area contributed by atoms with Gasteiger partial charge in [-0.05, 0) is 42.3 Å². The van der Waals surface area contributed by atoms with E-state index in [0.29, 0.717) is 10.4 Å². The number of ketones is 1. The van der Waals surface area contributed by atoms with Gasteiger partial charge in [-0.2, -0.15) is 0 Å². The highest BCUT2D eigenvalue weighted by molar-refractivity contribution is 9.09. The van der Waals surface area contributed by atoms with Crippen molar-refractivity contribution in [2.24, 2.45) is 0 Å². The molecule has 1 rings (SSSR count). The Labute approximate surface area is 108 Å². The van der Waals surface area contributed by atoms with E-state index in [9.17, 15) is 4.79 Å². The second kappa shape index (κ2) is 5.73.